The zero-order valence-corrected chi connectivity index (χ0v) is 14.6. The van der Waals surface area contributed by atoms with E-state index in [0.717, 1.165) is 11.1 Å². The summed E-state index contributed by atoms with van der Waals surface area (Å²) >= 11 is 0. The van der Waals surface area contributed by atoms with E-state index in [9.17, 15) is 9.59 Å². The lowest BCUT2D eigenvalue weighted by atomic mass is 10.0. The fourth-order valence-electron chi connectivity index (χ4n) is 2.48. The summed E-state index contributed by atoms with van der Waals surface area (Å²) in [5.74, 6) is -0.371. The number of methoxy groups -OCH3 is 1. The first-order valence-corrected chi connectivity index (χ1v) is 8.36. The van der Waals surface area contributed by atoms with Crippen LogP contribution in [-0.4, -0.2) is 35.2 Å². The number of aromatic nitrogens is 1. The number of carbonyl (C=O) groups is 2. The largest absolute Gasteiger partial charge is 0.481 e. The van der Waals surface area contributed by atoms with Crippen LogP contribution in [0.25, 0.3) is 0 Å². The van der Waals surface area contributed by atoms with E-state index >= 15 is 0 Å². The smallest absolute Gasteiger partial charge is 0.315 e. The lowest BCUT2D eigenvalue weighted by Crippen LogP contribution is -2.43. The van der Waals surface area contributed by atoms with Crippen molar-refractivity contribution in [3.05, 3.63) is 59.8 Å². The highest BCUT2D eigenvalue weighted by Crippen LogP contribution is 2.09. The molecule has 1 aromatic carbocycles. The van der Waals surface area contributed by atoms with E-state index in [1.165, 1.54) is 7.11 Å². The standard InChI is InChI=1S/C19H23N3O4/c1-26-17-9-7-15(12-20-17)13-21-19(25)22-16(8-10-18(23)24)11-14-5-3-2-4-6-14/h2-7,9,12,16H,8,10-11,13H2,1H3,(H,23,24)(H2,21,22,25). The third-order valence-corrected chi connectivity index (χ3v) is 3.83. The first kappa shape index (κ1) is 19.2. The first-order chi connectivity index (χ1) is 12.6. The normalized spacial score (nSPS) is 11.4. The maximum atomic E-state index is 12.2. The molecule has 0 saturated heterocycles. The fraction of sp³-hybridized carbons (Fsp3) is 0.316. The number of ether oxygens (including phenoxy) is 1. The molecule has 0 spiro atoms. The molecule has 7 nitrogen and oxygen atoms in total. The lowest BCUT2D eigenvalue weighted by molar-refractivity contribution is -0.137. The number of carbonyl (C=O) groups excluding carboxylic acids is 1. The van der Waals surface area contributed by atoms with E-state index in [4.69, 9.17) is 9.84 Å². The Morgan fingerprint density at radius 2 is 1.92 bits per heavy atom. The van der Waals surface area contributed by atoms with Crippen molar-refractivity contribution < 1.29 is 19.4 Å². The van der Waals surface area contributed by atoms with Crippen molar-refractivity contribution in [3.63, 3.8) is 0 Å². The minimum atomic E-state index is -0.880. The van der Waals surface area contributed by atoms with Gasteiger partial charge in [-0.25, -0.2) is 9.78 Å². The van der Waals surface area contributed by atoms with Gasteiger partial charge in [0.05, 0.1) is 7.11 Å². The molecule has 2 aromatic rings. The topological polar surface area (TPSA) is 101 Å². The maximum absolute atomic E-state index is 12.2. The van der Waals surface area contributed by atoms with E-state index in [0.29, 0.717) is 25.3 Å². The van der Waals surface area contributed by atoms with Crippen LogP contribution in [0.2, 0.25) is 0 Å². The molecule has 26 heavy (non-hydrogen) atoms. The second-order valence-electron chi connectivity index (χ2n) is 5.85. The Hall–Kier alpha value is -3.09. The number of urea groups is 1. The van der Waals surface area contributed by atoms with Gasteiger partial charge in [-0.2, -0.15) is 0 Å². The number of amides is 2. The van der Waals surface area contributed by atoms with Crippen molar-refractivity contribution >= 4 is 12.0 Å². The second kappa shape index (κ2) is 10.0. The summed E-state index contributed by atoms with van der Waals surface area (Å²) in [5, 5.41) is 14.5. The lowest BCUT2D eigenvalue weighted by Gasteiger charge is -2.19. The van der Waals surface area contributed by atoms with Crippen molar-refractivity contribution in [2.24, 2.45) is 0 Å². The van der Waals surface area contributed by atoms with Gasteiger partial charge in [0.1, 0.15) is 0 Å². The molecule has 0 saturated carbocycles. The summed E-state index contributed by atoms with van der Waals surface area (Å²) < 4.78 is 4.99. The van der Waals surface area contributed by atoms with Crippen molar-refractivity contribution in [2.45, 2.75) is 31.8 Å². The molecule has 0 aliphatic carbocycles. The van der Waals surface area contributed by atoms with Crippen LogP contribution in [0.15, 0.2) is 48.7 Å². The average Bonchev–Trinajstić information content (AvgIpc) is 2.65. The number of benzene rings is 1. The maximum Gasteiger partial charge on any atom is 0.315 e. The molecule has 0 bridgehead atoms. The van der Waals surface area contributed by atoms with Crippen LogP contribution in [0.5, 0.6) is 5.88 Å². The van der Waals surface area contributed by atoms with Crippen LogP contribution < -0.4 is 15.4 Å². The molecule has 7 heteroatoms. The summed E-state index contributed by atoms with van der Waals surface area (Å²) in [6.07, 6.45) is 2.57. The zero-order valence-electron chi connectivity index (χ0n) is 14.6. The molecule has 0 radical (unpaired) electrons. The van der Waals surface area contributed by atoms with Gasteiger partial charge in [-0.05, 0) is 24.0 Å². The van der Waals surface area contributed by atoms with Crippen LogP contribution in [0.1, 0.15) is 24.0 Å². The zero-order chi connectivity index (χ0) is 18.8. The molecule has 3 N–H and O–H groups in total. The monoisotopic (exact) mass is 357 g/mol. The van der Waals surface area contributed by atoms with Gasteiger partial charge < -0.3 is 20.5 Å². The Bertz CT molecular complexity index is 704. The van der Waals surface area contributed by atoms with E-state index in [-0.39, 0.29) is 18.5 Å². The van der Waals surface area contributed by atoms with Gasteiger partial charge >= 0.3 is 12.0 Å². The highest BCUT2D eigenvalue weighted by molar-refractivity contribution is 5.74. The number of carboxylic acids is 1. The van der Waals surface area contributed by atoms with Gasteiger partial charge in [-0.15, -0.1) is 0 Å². The van der Waals surface area contributed by atoms with E-state index in [2.05, 4.69) is 15.6 Å². The fourth-order valence-corrected chi connectivity index (χ4v) is 2.48. The Labute approximate surface area is 152 Å². The highest BCUT2D eigenvalue weighted by Gasteiger charge is 2.14. The Morgan fingerprint density at radius 3 is 2.54 bits per heavy atom. The van der Waals surface area contributed by atoms with Crippen molar-refractivity contribution in [3.8, 4) is 5.88 Å². The number of hydrogen-bond acceptors (Lipinski definition) is 4. The van der Waals surface area contributed by atoms with Crippen LogP contribution in [0.3, 0.4) is 0 Å². The molecular weight excluding hydrogens is 334 g/mol. The summed E-state index contributed by atoms with van der Waals surface area (Å²) in [6, 6.07) is 12.6. The van der Waals surface area contributed by atoms with Gasteiger partial charge in [0.2, 0.25) is 5.88 Å². The third-order valence-electron chi connectivity index (χ3n) is 3.83. The second-order valence-corrected chi connectivity index (χ2v) is 5.85. The van der Waals surface area contributed by atoms with Gasteiger partial charge in [0.15, 0.2) is 0 Å². The van der Waals surface area contributed by atoms with E-state index in [1.54, 1.807) is 12.3 Å². The number of rotatable bonds is 9. The van der Waals surface area contributed by atoms with Crippen LogP contribution in [0.4, 0.5) is 4.79 Å². The predicted molar refractivity (Wildman–Crippen MR) is 97.0 cm³/mol. The number of pyridine rings is 1. The molecule has 1 atom stereocenters. The Kier molecular flexibility index (Phi) is 7.42. The summed E-state index contributed by atoms with van der Waals surface area (Å²) in [5.41, 5.74) is 1.88. The van der Waals surface area contributed by atoms with Gasteiger partial charge in [0.25, 0.3) is 0 Å². The molecule has 138 valence electrons. The molecule has 0 aliphatic heterocycles. The highest BCUT2D eigenvalue weighted by atomic mass is 16.5. The molecule has 0 aliphatic rings. The molecule has 2 amide bonds. The summed E-state index contributed by atoms with van der Waals surface area (Å²) in [6.45, 7) is 0.319. The predicted octanol–water partition coefficient (Wildman–Crippen LogP) is 2.37. The van der Waals surface area contributed by atoms with Crippen molar-refractivity contribution in [2.75, 3.05) is 7.11 Å². The van der Waals surface area contributed by atoms with Gasteiger partial charge in [0, 0.05) is 31.3 Å². The number of aliphatic carboxylic acids is 1. The molecule has 2 rings (SSSR count). The molecule has 1 heterocycles. The SMILES string of the molecule is COc1ccc(CNC(=O)NC(CCC(=O)O)Cc2ccccc2)cn1. The molecule has 1 unspecified atom stereocenters. The van der Waals surface area contributed by atoms with E-state index < -0.39 is 5.97 Å². The average molecular weight is 357 g/mol. The number of nitrogens with one attached hydrogen (secondary N) is 2. The number of carboxylic acid groups (broad SMARTS) is 1. The summed E-state index contributed by atoms with van der Waals surface area (Å²) in [4.78, 5) is 27.1. The minimum absolute atomic E-state index is 0.000179. The summed E-state index contributed by atoms with van der Waals surface area (Å²) in [7, 11) is 1.54. The van der Waals surface area contributed by atoms with Gasteiger partial charge in [-0.3, -0.25) is 4.79 Å². The van der Waals surface area contributed by atoms with Crippen molar-refractivity contribution in [1.82, 2.24) is 15.6 Å². The Morgan fingerprint density at radius 1 is 1.15 bits per heavy atom. The van der Waals surface area contributed by atoms with Gasteiger partial charge in [-0.1, -0.05) is 36.4 Å². The van der Waals surface area contributed by atoms with Crippen LogP contribution >= 0.6 is 0 Å². The number of nitrogens with zero attached hydrogens (tertiary/aromatic N) is 1. The number of hydrogen-bond donors (Lipinski definition) is 3. The quantitative estimate of drug-likeness (QED) is 0.640. The molecular formula is C19H23N3O4. The van der Waals surface area contributed by atoms with Crippen molar-refractivity contribution in [1.29, 1.82) is 0 Å². The molecule has 0 fully saturated rings. The van der Waals surface area contributed by atoms with E-state index in [1.807, 2.05) is 36.4 Å². The minimum Gasteiger partial charge on any atom is -0.481 e. The Balaban J connectivity index is 1.88. The molecule has 1 aromatic heterocycles. The third kappa shape index (κ3) is 6.80. The first-order valence-electron chi connectivity index (χ1n) is 8.36. The van der Waals surface area contributed by atoms with Crippen LogP contribution in [0, 0.1) is 0 Å². The van der Waals surface area contributed by atoms with Crippen LogP contribution in [-0.2, 0) is 17.8 Å².